The van der Waals surface area contributed by atoms with Gasteiger partial charge in [-0.15, -0.1) is 0 Å². The van der Waals surface area contributed by atoms with Gasteiger partial charge in [0.15, 0.2) is 0 Å². The van der Waals surface area contributed by atoms with Gasteiger partial charge >= 0.3 is 0 Å². The van der Waals surface area contributed by atoms with Crippen LogP contribution in [0.15, 0.2) is 18.3 Å². The van der Waals surface area contributed by atoms with E-state index < -0.39 is 0 Å². The van der Waals surface area contributed by atoms with Crippen LogP contribution < -0.4 is 4.90 Å². The summed E-state index contributed by atoms with van der Waals surface area (Å²) in [5.74, 6) is 0. The maximum absolute atomic E-state index is 8.91. The lowest BCUT2D eigenvalue weighted by molar-refractivity contribution is -0.133. The molecule has 0 unspecified atom stereocenters. The van der Waals surface area contributed by atoms with E-state index in [0.717, 1.165) is 18.8 Å². The van der Waals surface area contributed by atoms with Crippen LogP contribution in [0, 0.1) is 11.3 Å². The van der Waals surface area contributed by atoms with E-state index in [-0.39, 0.29) is 11.2 Å². The largest absolute Gasteiger partial charge is 0.366 e. The average molecular weight is 245 g/mol. The van der Waals surface area contributed by atoms with Crippen molar-refractivity contribution in [3.63, 3.8) is 0 Å². The van der Waals surface area contributed by atoms with Crippen LogP contribution in [0.5, 0.6) is 0 Å². The van der Waals surface area contributed by atoms with Gasteiger partial charge in [-0.05, 0) is 39.8 Å². The van der Waals surface area contributed by atoms with Crippen LogP contribution >= 0.6 is 0 Å². The van der Waals surface area contributed by atoms with Gasteiger partial charge < -0.3 is 9.64 Å². The van der Waals surface area contributed by atoms with E-state index in [4.69, 9.17) is 10.00 Å². The van der Waals surface area contributed by atoms with E-state index >= 15 is 0 Å². The smallest absolute Gasteiger partial charge is 0.142 e. The first-order valence-electron chi connectivity index (χ1n) is 6.13. The van der Waals surface area contributed by atoms with Crippen LogP contribution in [0.1, 0.15) is 33.4 Å². The monoisotopic (exact) mass is 245 g/mol. The molecule has 1 aliphatic rings. The first kappa shape index (κ1) is 12.8. The SMILES string of the molecule is CC1(C)CN(c2ccnc(C#N)c2)CC(C)(C)O1. The molecular formula is C14H19N3O. The number of rotatable bonds is 1. The van der Waals surface area contributed by atoms with Gasteiger partial charge in [0.2, 0.25) is 0 Å². The number of anilines is 1. The number of nitrogens with zero attached hydrogens (tertiary/aromatic N) is 3. The molecule has 18 heavy (non-hydrogen) atoms. The lowest BCUT2D eigenvalue weighted by Gasteiger charge is -2.48. The number of morpholine rings is 1. The summed E-state index contributed by atoms with van der Waals surface area (Å²) in [4.78, 5) is 6.26. The highest BCUT2D eigenvalue weighted by atomic mass is 16.5. The zero-order chi connectivity index (χ0) is 13.4. The Kier molecular flexibility index (Phi) is 3.04. The fraction of sp³-hybridized carbons (Fsp3) is 0.571. The summed E-state index contributed by atoms with van der Waals surface area (Å²) >= 11 is 0. The second-order valence-corrected chi connectivity index (χ2v) is 5.99. The van der Waals surface area contributed by atoms with Crippen LogP contribution in [0.2, 0.25) is 0 Å². The molecule has 0 aromatic carbocycles. The van der Waals surface area contributed by atoms with Crippen molar-refractivity contribution < 1.29 is 4.74 Å². The first-order valence-corrected chi connectivity index (χ1v) is 6.13. The van der Waals surface area contributed by atoms with Crippen LogP contribution in [-0.2, 0) is 4.74 Å². The number of hydrogen-bond acceptors (Lipinski definition) is 4. The van der Waals surface area contributed by atoms with Gasteiger partial charge in [0.05, 0.1) is 11.2 Å². The third-order valence-electron chi connectivity index (χ3n) is 2.92. The van der Waals surface area contributed by atoms with Crippen molar-refractivity contribution in [2.75, 3.05) is 18.0 Å². The topological polar surface area (TPSA) is 49.2 Å². The predicted molar refractivity (Wildman–Crippen MR) is 70.4 cm³/mol. The fourth-order valence-electron chi connectivity index (χ4n) is 2.65. The van der Waals surface area contributed by atoms with Crippen molar-refractivity contribution in [2.24, 2.45) is 0 Å². The summed E-state index contributed by atoms with van der Waals surface area (Å²) in [7, 11) is 0. The molecule has 96 valence electrons. The van der Waals surface area contributed by atoms with Crippen molar-refractivity contribution in [1.82, 2.24) is 4.98 Å². The predicted octanol–water partition coefficient (Wildman–Crippen LogP) is 2.35. The molecule has 2 rings (SSSR count). The molecule has 0 aliphatic carbocycles. The zero-order valence-electron chi connectivity index (χ0n) is 11.4. The van der Waals surface area contributed by atoms with Crippen LogP contribution in [0.25, 0.3) is 0 Å². The Labute approximate surface area is 108 Å². The Morgan fingerprint density at radius 1 is 1.28 bits per heavy atom. The normalized spacial score (nSPS) is 21.4. The number of aromatic nitrogens is 1. The molecule has 4 heteroatoms. The molecule has 0 spiro atoms. The van der Waals surface area contributed by atoms with Gasteiger partial charge in [0, 0.05) is 25.0 Å². The van der Waals surface area contributed by atoms with Crippen LogP contribution in [0.3, 0.4) is 0 Å². The molecule has 0 atom stereocenters. The van der Waals surface area contributed by atoms with Gasteiger partial charge in [-0.2, -0.15) is 5.26 Å². The molecule has 4 nitrogen and oxygen atoms in total. The molecule has 1 aromatic heterocycles. The molecule has 2 heterocycles. The van der Waals surface area contributed by atoms with E-state index in [1.54, 1.807) is 6.20 Å². The van der Waals surface area contributed by atoms with Crippen molar-refractivity contribution in [3.8, 4) is 6.07 Å². The summed E-state index contributed by atoms with van der Waals surface area (Å²) in [5, 5.41) is 8.91. The molecule has 0 N–H and O–H groups in total. The Balaban J connectivity index is 2.30. The third-order valence-corrected chi connectivity index (χ3v) is 2.92. The van der Waals surface area contributed by atoms with Gasteiger partial charge in [0.25, 0.3) is 0 Å². The minimum absolute atomic E-state index is 0.197. The zero-order valence-corrected chi connectivity index (χ0v) is 11.4. The molecule has 1 aliphatic heterocycles. The summed E-state index contributed by atoms with van der Waals surface area (Å²) < 4.78 is 6.05. The first-order chi connectivity index (χ1) is 8.31. The second kappa shape index (κ2) is 4.25. The Hall–Kier alpha value is -1.60. The second-order valence-electron chi connectivity index (χ2n) is 5.99. The van der Waals surface area contributed by atoms with Gasteiger partial charge in [-0.3, -0.25) is 0 Å². The van der Waals surface area contributed by atoms with Crippen molar-refractivity contribution in [2.45, 2.75) is 38.9 Å². The Morgan fingerprint density at radius 3 is 2.44 bits per heavy atom. The standard InChI is InChI=1S/C14H19N3O/c1-13(2)9-17(10-14(3,4)18-13)12-5-6-16-11(7-12)8-15/h5-7H,9-10H2,1-4H3. The maximum Gasteiger partial charge on any atom is 0.142 e. The third kappa shape index (κ3) is 2.80. The van der Waals surface area contributed by atoms with Crippen molar-refractivity contribution >= 4 is 5.69 Å². The fourth-order valence-corrected chi connectivity index (χ4v) is 2.65. The molecule has 0 bridgehead atoms. The lowest BCUT2D eigenvalue weighted by atomic mass is 9.98. The molecular weight excluding hydrogens is 226 g/mol. The number of ether oxygens (including phenoxy) is 1. The quantitative estimate of drug-likeness (QED) is 0.762. The summed E-state index contributed by atoms with van der Waals surface area (Å²) in [5.41, 5.74) is 1.09. The average Bonchev–Trinajstić information content (AvgIpc) is 2.25. The van der Waals surface area contributed by atoms with E-state index in [2.05, 4.69) is 43.6 Å². The highest BCUT2D eigenvalue weighted by molar-refractivity contribution is 5.49. The van der Waals surface area contributed by atoms with Crippen LogP contribution in [0.4, 0.5) is 5.69 Å². The molecule has 1 fully saturated rings. The van der Waals surface area contributed by atoms with Crippen molar-refractivity contribution in [3.05, 3.63) is 24.0 Å². The van der Waals surface area contributed by atoms with Crippen molar-refractivity contribution in [1.29, 1.82) is 5.26 Å². The molecule has 0 saturated carbocycles. The number of pyridine rings is 1. The molecule has 0 amide bonds. The van der Waals surface area contributed by atoms with E-state index in [1.165, 1.54) is 0 Å². The maximum atomic E-state index is 8.91. The lowest BCUT2D eigenvalue weighted by Crippen LogP contribution is -2.57. The number of nitriles is 1. The Morgan fingerprint density at radius 2 is 1.89 bits per heavy atom. The van der Waals surface area contributed by atoms with Crippen LogP contribution in [-0.4, -0.2) is 29.3 Å². The summed E-state index contributed by atoms with van der Waals surface area (Å²) in [6, 6.07) is 5.85. The molecule has 1 saturated heterocycles. The van der Waals surface area contributed by atoms with E-state index in [0.29, 0.717) is 5.69 Å². The van der Waals surface area contributed by atoms with E-state index in [1.807, 2.05) is 12.1 Å². The molecule has 0 radical (unpaired) electrons. The minimum atomic E-state index is -0.197. The molecule has 1 aromatic rings. The highest BCUT2D eigenvalue weighted by Crippen LogP contribution is 2.31. The summed E-state index contributed by atoms with van der Waals surface area (Å²) in [6.45, 7) is 9.98. The number of hydrogen-bond donors (Lipinski definition) is 0. The summed E-state index contributed by atoms with van der Waals surface area (Å²) in [6.07, 6.45) is 1.68. The Bertz CT molecular complexity index is 472. The minimum Gasteiger partial charge on any atom is -0.366 e. The van der Waals surface area contributed by atoms with Gasteiger partial charge in [-0.1, -0.05) is 0 Å². The van der Waals surface area contributed by atoms with Gasteiger partial charge in [-0.25, -0.2) is 4.98 Å². The highest BCUT2D eigenvalue weighted by Gasteiger charge is 2.38. The van der Waals surface area contributed by atoms with E-state index in [9.17, 15) is 0 Å². The van der Waals surface area contributed by atoms with Gasteiger partial charge in [0.1, 0.15) is 11.8 Å².